The van der Waals surface area contributed by atoms with Crippen molar-refractivity contribution >= 4 is 11.6 Å². The van der Waals surface area contributed by atoms with Crippen LogP contribution in [-0.4, -0.2) is 49.3 Å². The third-order valence-electron chi connectivity index (χ3n) is 3.14. The summed E-state index contributed by atoms with van der Waals surface area (Å²) in [5.74, 6) is 0. The van der Waals surface area contributed by atoms with Gasteiger partial charge in [0.15, 0.2) is 0 Å². The number of methoxy groups -OCH3 is 1. The van der Waals surface area contributed by atoms with Gasteiger partial charge in [-0.15, -0.1) is 0 Å². The third kappa shape index (κ3) is 5.40. The van der Waals surface area contributed by atoms with Crippen molar-refractivity contribution in [3.8, 4) is 0 Å². The minimum absolute atomic E-state index is 0.235. The van der Waals surface area contributed by atoms with Crippen LogP contribution in [-0.2, 0) is 22.9 Å². The summed E-state index contributed by atoms with van der Waals surface area (Å²) < 4.78 is 12.5. The van der Waals surface area contributed by atoms with Crippen LogP contribution in [0, 0.1) is 6.92 Å². The van der Waals surface area contributed by atoms with Crippen molar-refractivity contribution in [2.45, 2.75) is 32.7 Å². The van der Waals surface area contributed by atoms with Gasteiger partial charge in [-0.3, -0.25) is 4.68 Å². The van der Waals surface area contributed by atoms with Crippen LogP contribution in [0.4, 0.5) is 0 Å². The average molecular weight is 304 g/mol. The Morgan fingerprint density at radius 2 is 2.15 bits per heavy atom. The lowest BCUT2D eigenvalue weighted by Crippen LogP contribution is -2.37. The fourth-order valence-corrected chi connectivity index (χ4v) is 2.28. The Morgan fingerprint density at radius 1 is 1.40 bits per heavy atom. The van der Waals surface area contributed by atoms with Crippen molar-refractivity contribution in [3.05, 3.63) is 16.4 Å². The normalized spacial score (nSPS) is 12.8. The van der Waals surface area contributed by atoms with Gasteiger partial charge < -0.3 is 14.8 Å². The van der Waals surface area contributed by atoms with Crippen LogP contribution in [0.5, 0.6) is 0 Å². The summed E-state index contributed by atoms with van der Waals surface area (Å²) in [4.78, 5) is 0. The smallest absolute Gasteiger partial charge is 0.0847 e. The largest absolute Gasteiger partial charge is 0.382 e. The van der Waals surface area contributed by atoms with Crippen molar-refractivity contribution in [1.82, 2.24) is 15.1 Å². The molecule has 20 heavy (non-hydrogen) atoms. The summed E-state index contributed by atoms with van der Waals surface area (Å²) in [6.07, 6.45) is 1.90. The van der Waals surface area contributed by atoms with Gasteiger partial charge in [0.2, 0.25) is 0 Å². The minimum atomic E-state index is 0.235. The molecular formula is C14H26ClN3O2. The van der Waals surface area contributed by atoms with E-state index in [4.69, 9.17) is 21.1 Å². The van der Waals surface area contributed by atoms with Crippen molar-refractivity contribution in [3.63, 3.8) is 0 Å². The first-order valence-electron chi connectivity index (χ1n) is 7.08. The highest BCUT2D eigenvalue weighted by molar-refractivity contribution is 6.31. The van der Waals surface area contributed by atoms with E-state index < -0.39 is 0 Å². The van der Waals surface area contributed by atoms with E-state index in [0.29, 0.717) is 19.8 Å². The Balaban J connectivity index is 2.58. The molecule has 1 N–H and O–H groups in total. The fourth-order valence-electron chi connectivity index (χ4n) is 2.04. The van der Waals surface area contributed by atoms with Gasteiger partial charge in [-0.1, -0.05) is 18.5 Å². The molecule has 1 aromatic heterocycles. The summed E-state index contributed by atoms with van der Waals surface area (Å²) in [5, 5.41) is 8.60. The van der Waals surface area contributed by atoms with Crippen LogP contribution in [0.2, 0.25) is 5.02 Å². The molecular weight excluding hydrogens is 278 g/mol. The molecule has 1 heterocycles. The molecule has 1 atom stereocenters. The highest BCUT2D eigenvalue weighted by Gasteiger charge is 2.16. The first kappa shape index (κ1) is 17.4. The number of aromatic nitrogens is 2. The second kappa shape index (κ2) is 9.34. The fraction of sp³-hybridized carbons (Fsp3) is 0.786. The zero-order valence-corrected chi connectivity index (χ0v) is 13.7. The molecule has 0 saturated heterocycles. The van der Waals surface area contributed by atoms with Gasteiger partial charge >= 0.3 is 0 Å². The maximum absolute atomic E-state index is 6.30. The molecule has 0 saturated carbocycles. The summed E-state index contributed by atoms with van der Waals surface area (Å²) in [6.45, 7) is 6.91. The zero-order valence-electron chi connectivity index (χ0n) is 12.9. The first-order chi connectivity index (χ1) is 9.60. The highest BCUT2D eigenvalue weighted by Crippen LogP contribution is 2.20. The number of ether oxygens (including phenoxy) is 2. The van der Waals surface area contributed by atoms with E-state index in [1.807, 2.05) is 18.7 Å². The molecule has 0 fully saturated rings. The van der Waals surface area contributed by atoms with Crippen LogP contribution in [0.1, 0.15) is 24.7 Å². The molecule has 0 aromatic carbocycles. The quantitative estimate of drug-likeness (QED) is 0.671. The predicted molar refractivity (Wildman–Crippen MR) is 81.4 cm³/mol. The Bertz CT molecular complexity index is 396. The van der Waals surface area contributed by atoms with Crippen LogP contribution < -0.4 is 5.32 Å². The number of aryl methyl sites for hydroxylation is 2. The molecule has 0 aliphatic carbocycles. The van der Waals surface area contributed by atoms with Gasteiger partial charge in [-0.2, -0.15) is 5.10 Å². The lowest BCUT2D eigenvalue weighted by Gasteiger charge is -2.19. The summed E-state index contributed by atoms with van der Waals surface area (Å²) in [7, 11) is 3.60. The molecule has 1 unspecified atom stereocenters. The van der Waals surface area contributed by atoms with Gasteiger partial charge in [0.05, 0.1) is 36.2 Å². The van der Waals surface area contributed by atoms with E-state index in [2.05, 4.69) is 17.3 Å². The van der Waals surface area contributed by atoms with Gasteiger partial charge in [0.1, 0.15) is 0 Å². The Hall–Kier alpha value is -0.620. The number of halogens is 1. The van der Waals surface area contributed by atoms with Crippen LogP contribution in [0.15, 0.2) is 0 Å². The van der Waals surface area contributed by atoms with E-state index in [-0.39, 0.29) is 6.04 Å². The van der Waals surface area contributed by atoms with Crippen molar-refractivity contribution in [2.75, 3.05) is 33.5 Å². The second-order valence-electron chi connectivity index (χ2n) is 4.89. The lowest BCUT2D eigenvalue weighted by molar-refractivity contribution is 0.0585. The maximum atomic E-state index is 6.30. The Labute approximate surface area is 126 Å². The van der Waals surface area contributed by atoms with E-state index in [0.717, 1.165) is 35.8 Å². The number of nitrogens with one attached hydrogen (secondary N) is 1. The van der Waals surface area contributed by atoms with Gasteiger partial charge in [0, 0.05) is 26.6 Å². The monoisotopic (exact) mass is 303 g/mol. The Morgan fingerprint density at radius 3 is 2.70 bits per heavy atom. The molecule has 0 radical (unpaired) electrons. The summed E-state index contributed by atoms with van der Waals surface area (Å²) >= 11 is 6.30. The van der Waals surface area contributed by atoms with Crippen molar-refractivity contribution in [1.29, 1.82) is 0 Å². The maximum Gasteiger partial charge on any atom is 0.0847 e. The average Bonchev–Trinajstić information content (AvgIpc) is 2.66. The second-order valence-corrected chi connectivity index (χ2v) is 5.27. The summed E-state index contributed by atoms with van der Waals surface area (Å²) in [5.41, 5.74) is 1.92. The predicted octanol–water partition coefficient (Wildman–Crippen LogP) is 1.96. The minimum Gasteiger partial charge on any atom is -0.382 e. The van der Waals surface area contributed by atoms with Gasteiger partial charge in [-0.25, -0.2) is 0 Å². The first-order valence-corrected chi connectivity index (χ1v) is 7.46. The molecule has 116 valence electrons. The molecule has 6 heteroatoms. The molecule has 0 aliphatic rings. The zero-order chi connectivity index (χ0) is 15.0. The molecule has 1 aromatic rings. The number of nitrogens with zero attached hydrogens (tertiary/aromatic N) is 2. The van der Waals surface area contributed by atoms with Crippen LogP contribution in [0.3, 0.4) is 0 Å². The van der Waals surface area contributed by atoms with Crippen LogP contribution in [0.25, 0.3) is 0 Å². The van der Waals surface area contributed by atoms with E-state index in [1.54, 1.807) is 7.11 Å². The van der Waals surface area contributed by atoms with E-state index in [1.165, 1.54) is 0 Å². The molecule has 0 amide bonds. The van der Waals surface area contributed by atoms with Gasteiger partial charge in [-0.05, 0) is 19.9 Å². The summed E-state index contributed by atoms with van der Waals surface area (Å²) in [6, 6.07) is 0.235. The van der Waals surface area contributed by atoms with Crippen LogP contribution >= 0.6 is 11.6 Å². The van der Waals surface area contributed by atoms with Crippen molar-refractivity contribution in [2.24, 2.45) is 7.05 Å². The topological polar surface area (TPSA) is 48.3 Å². The molecule has 0 bridgehead atoms. The number of rotatable bonds is 10. The number of hydrogen-bond donors (Lipinski definition) is 1. The number of hydrogen-bond acceptors (Lipinski definition) is 4. The highest BCUT2D eigenvalue weighted by atomic mass is 35.5. The molecule has 1 rings (SSSR count). The van der Waals surface area contributed by atoms with E-state index >= 15 is 0 Å². The SMILES string of the molecule is CCCNC(COCCOC)Cc1c(Cl)c(C)nn1C. The van der Waals surface area contributed by atoms with E-state index in [9.17, 15) is 0 Å². The standard InChI is InChI=1S/C14H26ClN3O2/c1-5-6-16-12(10-20-8-7-19-4)9-13-14(15)11(2)17-18(13)3/h12,16H,5-10H2,1-4H3. The third-order valence-corrected chi connectivity index (χ3v) is 3.63. The molecule has 5 nitrogen and oxygen atoms in total. The van der Waals surface area contributed by atoms with Crippen molar-refractivity contribution < 1.29 is 9.47 Å². The Kier molecular flexibility index (Phi) is 8.14. The van der Waals surface area contributed by atoms with Gasteiger partial charge in [0.25, 0.3) is 0 Å². The lowest BCUT2D eigenvalue weighted by atomic mass is 10.1. The molecule has 0 spiro atoms. The molecule has 0 aliphatic heterocycles.